The maximum absolute atomic E-state index is 5.72. The summed E-state index contributed by atoms with van der Waals surface area (Å²) in [6.07, 6.45) is 1.81. The highest BCUT2D eigenvalue weighted by Gasteiger charge is 2.13. The van der Waals surface area contributed by atoms with Crippen molar-refractivity contribution in [2.24, 2.45) is 5.10 Å². The van der Waals surface area contributed by atoms with E-state index in [-0.39, 0.29) is 0 Å². The molecule has 0 saturated heterocycles. The largest absolute Gasteiger partial charge is 0.493 e. The van der Waals surface area contributed by atoms with E-state index in [1.807, 2.05) is 62.5 Å². The number of hydrogen-bond donors (Lipinski definition) is 2. The van der Waals surface area contributed by atoms with Gasteiger partial charge in [-0.3, -0.25) is 0 Å². The average Bonchev–Trinajstić information content (AvgIpc) is 3.20. The first kappa shape index (κ1) is 17.2. The lowest BCUT2D eigenvalue weighted by molar-refractivity contribution is 0.341. The first-order valence-corrected chi connectivity index (χ1v) is 9.11. The molecule has 6 nitrogen and oxygen atoms in total. The van der Waals surface area contributed by atoms with Crippen molar-refractivity contribution >= 4 is 29.3 Å². The second kappa shape index (κ2) is 7.20. The number of benzene rings is 2. The van der Waals surface area contributed by atoms with E-state index in [4.69, 9.17) is 17.0 Å². The summed E-state index contributed by atoms with van der Waals surface area (Å²) in [6.45, 7) is 4.55. The van der Waals surface area contributed by atoms with Gasteiger partial charge < -0.3 is 9.72 Å². The van der Waals surface area contributed by atoms with E-state index >= 15 is 0 Å². The highest BCUT2D eigenvalue weighted by Crippen LogP contribution is 2.28. The molecule has 0 aliphatic heterocycles. The summed E-state index contributed by atoms with van der Waals surface area (Å²) >= 11 is 5.39. The van der Waals surface area contributed by atoms with Crippen LogP contribution in [0.2, 0.25) is 0 Å². The van der Waals surface area contributed by atoms with Gasteiger partial charge in [0, 0.05) is 22.2 Å². The summed E-state index contributed by atoms with van der Waals surface area (Å²) in [4.78, 5) is 3.37. The van der Waals surface area contributed by atoms with E-state index < -0.39 is 0 Å². The van der Waals surface area contributed by atoms with Crippen LogP contribution in [0.4, 0.5) is 0 Å². The Balaban J connectivity index is 1.80. The molecule has 136 valence electrons. The maximum Gasteiger partial charge on any atom is 0.216 e. The first-order valence-electron chi connectivity index (χ1n) is 8.70. The summed E-state index contributed by atoms with van der Waals surface area (Å²) in [6, 6.07) is 15.9. The molecule has 0 unspecified atom stereocenters. The molecule has 0 saturated carbocycles. The van der Waals surface area contributed by atoms with Crippen molar-refractivity contribution < 1.29 is 4.74 Å². The number of aryl methyl sites for hydroxylation is 1. The molecular formula is C20H19N5OS. The van der Waals surface area contributed by atoms with Gasteiger partial charge >= 0.3 is 0 Å². The third-order valence-corrected chi connectivity index (χ3v) is 4.59. The molecule has 0 spiro atoms. The molecule has 0 fully saturated rings. The Labute approximate surface area is 161 Å². The summed E-state index contributed by atoms with van der Waals surface area (Å²) in [5, 5.41) is 12.9. The SMILES string of the molecule is CCOc1ccccc1-c1n[nH]c(=S)n1/N=C/c1c(C)[nH]c2ccccc12. The molecule has 2 aromatic carbocycles. The van der Waals surface area contributed by atoms with Crippen molar-refractivity contribution in [3.05, 3.63) is 64.6 Å². The maximum atomic E-state index is 5.72. The molecular weight excluding hydrogens is 358 g/mol. The van der Waals surface area contributed by atoms with E-state index in [0.717, 1.165) is 33.5 Å². The van der Waals surface area contributed by atoms with Gasteiger partial charge in [-0.25, -0.2) is 5.10 Å². The fourth-order valence-electron chi connectivity index (χ4n) is 3.09. The van der Waals surface area contributed by atoms with Crippen LogP contribution in [0.25, 0.3) is 22.3 Å². The lowest BCUT2D eigenvalue weighted by Crippen LogP contribution is -1.99. The van der Waals surface area contributed by atoms with Crippen LogP contribution in [0, 0.1) is 11.7 Å². The summed E-state index contributed by atoms with van der Waals surface area (Å²) in [5.41, 5.74) is 3.98. The fraction of sp³-hybridized carbons (Fsp3) is 0.150. The van der Waals surface area contributed by atoms with Gasteiger partial charge in [-0.15, -0.1) is 0 Å². The number of nitrogens with zero attached hydrogens (tertiary/aromatic N) is 3. The Morgan fingerprint density at radius 2 is 1.96 bits per heavy atom. The minimum Gasteiger partial charge on any atom is -0.493 e. The molecule has 7 heteroatoms. The quantitative estimate of drug-likeness (QED) is 0.392. The molecule has 0 amide bonds. The van der Waals surface area contributed by atoms with Gasteiger partial charge in [0.1, 0.15) is 5.75 Å². The Hall–Kier alpha value is -3.19. The molecule has 2 heterocycles. The van der Waals surface area contributed by atoms with Crippen LogP contribution in [0.5, 0.6) is 5.75 Å². The lowest BCUT2D eigenvalue weighted by Gasteiger charge is -2.08. The van der Waals surface area contributed by atoms with Crippen LogP contribution >= 0.6 is 12.2 Å². The predicted octanol–water partition coefficient (Wildman–Crippen LogP) is 4.68. The second-order valence-corrected chi connectivity index (χ2v) is 6.43. The number of fused-ring (bicyclic) bond motifs is 1. The second-order valence-electron chi connectivity index (χ2n) is 6.05. The first-order chi connectivity index (χ1) is 13.2. The van der Waals surface area contributed by atoms with E-state index in [1.54, 1.807) is 4.68 Å². The van der Waals surface area contributed by atoms with Crippen LogP contribution in [0.3, 0.4) is 0 Å². The van der Waals surface area contributed by atoms with E-state index in [9.17, 15) is 0 Å². The molecule has 2 N–H and O–H groups in total. The van der Waals surface area contributed by atoms with E-state index in [2.05, 4.69) is 26.3 Å². The van der Waals surface area contributed by atoms with Crippen LogP contribution in [-0.2, 0) is 0 Å². The standard InChI is InChI=1S/C20H19N5OS/c1-3-26-18-11-7-5-9-15(18)19-23-24-20(27)25(19)21-12-16-13(2)22-17-10-6-4-8-14(16)17/h4-12,22H,3H2,1-2H3,(H,24,27)/b21-12+. The van der Waals surface area contributed by atoms with Crippen LogP contribution < -0.4 is 4.74 Å². The minimum atomic E-state index is 0.421. The molecule has 0 radical (unpaired) electrons. The molecule has 0 aliphatic rings. The molecule has 0 atom stereocenters. The third kappa shape index (κ3) is 3.17. The zero-order valence-corrected chi connectivity index (χ0v) is 15.9. The van der Waals surface area contributed by atoms with Crippen molar-refractivity contribution in [2.75, 3.05) is 6.61 Å². The van der Waals surface area contributed by atoms with Gasteiger partial charge in [0.25, 0.3) is 0 Å². The summed E-state index contributed by atoms with van der Waals surface area (Å²) in [7, 11) is 0. The molecule has 0 bridgehead atoms. The third-order valence-electron chi connectivity index (χ3n) is 4.32. The molecule has 4 aromatic rings. The van der Waals surface area contributed by atoms with Gasteiger partial charge in [0.15, 0.2) is 5.82 Å². The topological polar surface area (TPSA) is 71.0 Å². The summed E-state index contributed by atoms with van der Waals surface area (Å²) < 4.78 is 7.77. The fourth-order valence-corrected chi connectivity index (χ4v) is 3.27. The molecule has 4 rings (SSSR count). The Morgan fingerprint density at radius 3 is 2.81 bits per heavy atom. The highest BCUT2D eigenvalue weighted by atomic mass is 32.1. The Kier molecular flexibility index (Phi) is 4.60. The summed E-state index contributed by atoms with van der Waals surface area (Å²) in [5.74, 6) is 1.35. The molecule has 0 aliphatic carbocycles. The van der Waals surface area contributed by atoms with Crippen molar-refractivity contribution in [3.8, 4) is 17.1 Å². The highest BCUT2D eigenvalue weighted by molar-refractivity contribution is 7.71. The molecule has 27 heavy (non-hydrogen) atoms. The van der Waals surface area contributed by atoms with Gasteiger partial charge in [-0.05, 0) is 44.3 Å². The Morgan fingerprint density at radius 1 is 1.19 bits per heavy atom. The monoisotopic (exact) mass is 377 g/mol. The normalized spacial score (nSPS) is 11.5. The van der Waals surface area contributed by atoms with Crippen LogP contribution in [0.15, 0.2) is 53.6 Å². The average molecular weight is 377 g/mol. The zero-order chi connectivity index (χ0) is 18.8. The lowest BCUT2D eigenvalue weighted by atomic mass is 10.1. The van der Waals surface area contributed by atoms with Crippen molar-refractivity contribution in [3.63, 3.8) is 0 Å². The number of aromatic amines is 2. The molecule has 2 aromatic heterocycles. The number of ether oxygens (including phenoxy) is 1. The number of nitrogens with one attached hydrogen (secondary N) is 2. The smallest absolute Gasteiger partial charge is 0.216 e. The van der Waals surface area contributed by atoms with Crippen LogP contribution in [-0.4, -0.2) is 32.7 Å². The number of hydrogen-bond acceptors (Lipinski definition) is 4. The predicted molar refractivity (Wildman–Crippen MR) is 110 cm³/mol. The van der Waals surface area contributed by atoms with E-state index in [1.165, 1.54) is 0 Å². The number of aromatic nitrogens is 4. The van der Waals surface area contributed by atoms with Crippen molar-refractivity contribution in [1.82, 2.24) is 19.9 Å². The van der Waals surface area contributed by atoms with Crippen molar-refractivity contribution in [2.45, 2.75) is 13.8 Å². The zero-order valence-electron chi connectivity index (χ0n) is 15.1. The number of para-hydroxylation sites is 2. The van der Waals surface area contributed by atoms with Gasteiger partial charge in [0.05, 0.1) is 18.4 Å². The van der Waals surface area contributed by atoms with Crippen molar-refractivity contribution in [1.29, 1.82) is 0 Å². The minimum absolute atomic E-state index is 0.421. The number of H-pyrrole nitrogens is 2. The number of rotatable bonds is 5. The van der Waals surface area contributed by atoms with Gasteiger partial charge in [-0.1, -0.05) is 30.3 Å². The van der Waals surface area contributed by atoms with Crippen LogP contribution in [0.1, 0.15) is 18.2 Å². The van der Waals surface area contributed by atoms with Gasteiger partial charge in [0.2, 0.25) is 4.77 Å². The van der Waals surface area contributed by atoms with Gasteiger partial charge in [-0.2, -0.15) is 14.9 Å². The van der Waals surface area contributed by atoms with E-state index in [0.29, 0.717) is 17.2 Å². The Bertz CT molecular complexity index is 1180.